The SMILES string of the molecule is Cc1nn(-c2ccc(F)cc2)c(C)c1/C=C/C(=O)O[C@H](C)C(=O)Nc1cccc(C#N)c1. The standard InChI is InChI=1S/C24H21FN4O3/c1-15-22(16(2)29(28-15)21-9-7-19(25)8-10-21)11-12-23(30)32-17(3)24(31)27-20-6-4-5-18(13-20)14-26/h4-13,17H,1-3H3,(H,27,31)/b12-11+/t17-/m1/s1. The predicted octanol–water partition coefficient (Wildman–Crippen LogP) is 4.08. The van der Waals surface area contributed by atoms with Crippen molar-refractivity contribution in [3.8, 4) is 11.8 Å². The maximum atomic E-state index is 13.2. The van der Waals surface area contributed by atoms with Gasteiger partial charge in [0.1, 0.15) is 5.82 Å². The van der Waals surface area contributed by atoms with Gasteiger partial charge in [-0.25, -0.2) is 13.9 Å². The average molecular weight is 432 g/mol. The monoisotopic (exact) mass is 432 g/mol. The van der Waals surface area contributed by atoms with Crippen molar-refractivity contribution < 1.29 is 18.7 Å². The number of aromatic nitrogens is 2. The highest BCUT2D eigenvalue weighted by Gasteiger charge is 2.17. The largest absolute Gasteiger partial charge is 0.449 e. The van der Waals surface area contributed by atoms with E-state index in [4.69, 9.17) is 10.00 Å². The molecule has 1 N–H and O–H groups in total. The first-order valence-electron chi connectivity index (χ1n) is 9.80. The second-order valence-corrected chi connectivity index (χ2v) is 7.07. The number of rotatable bonds is 6. The molecular weight excluding hydrogens is 411 g/mol. The molecule has 7 nitrogen and oxygen atoms in total. The lowest BCUT2D eigenvalue weighted by molar-refractivity contribution is -0.148. The molecule has 0 fully saturated rings. The molecule has 8 heteroatoms. The number of carbonyl (C=O) groups excluding carboxylic acids is 2. The Labute approximate surface area is 184 Å². The van der Waals surface area contributed by atoms with Crippen LogP contribution in [-0.2, 0) is 14.3 Å². The molecule has 0 bridgehead atoms. The number of anilines is 1. The number of amides is 1. The molecule has 0 radical (unpaired) electrons. The van der Waals surface area contributed by atoms with Gasteiger partial charge in [-0.15, -0.1) is 0 Å². The van der Waals surface area contributed by atoms with Crippen LogP contribution in [0.3, 0.4) is 0 Å². The fourth-order valence-corrected chi connectivity index (χ4v) is 3.06. The van der Waals surface area contributed by atoms with Gasteiger partial charge in [0.15, 0.2) is 6.10 Å². The summed E-state index contributed by atoms with van der Waals surface area (Å²) in [5.41, 5.74) is 3.70. The molecule has 0 saturated carbocycles. The van der Waals surface area contributed by atoms with Crippen molar-refractivity contribution in [2.75, 3.05) is 5.32 Å². The van der Waals surface area contributed by atoms with Crippen LogP contribution in [0.15, 0.2) is 54.6 Å². The quantitative estimate of drug-likeness (QED) is 0.468. The molecule has 0 unspecified atom stereocenters. The van der Waals surface area contributed by atoms with E-state index in [9.17, 15) is 14.0 Å². The number of halogens is 1. The molecule has 3 aromatic rings. The summed E-state index contributed by atoms with van der Waals surface area (Å²) in [5.74, 6) is -1.54. The Bertz CT molecular complexity index is 1220. The third-order valence-electron chi connectivity index (χ3n) is 4.73. The van der Waals surface area contributed by atoms with Crippen molar-refractivity contribution in [1.29, 1.82) is 5.26 Å². The Morgan fingerprint density at radius 1 is 1.22 bits per heavy atom. The van der Waals surface area contributed by atoms with Crippen molar-refractivity contribution in [3.05, 3.63) is 82.9 Å². The number of aryl methyl sites for hydroxylation is 1. The van der Waals surface area contributed by atoms with Crippen molar-refractivity contribution in [2.24, 2.45) is 0 Å². The predicted molar refractivity (Wildman–Crippen MR) is 117 cm³/mol. The van der Waals surface area contributed by atoms with Crippen molar-refractivity contribution in [1.82, 2.24) is 9.78 Å². The number of hydrogen-bond acceptors (Lipinski definition) is 5. The average Bonchev–Trinajstić information content (AvgIpc) is 3.06. The number of benzene rings is 2. The summed E-state index contributed by atoms with van der Waals surface area (Å²) in [6, 6.07) is 14.3. The lowest BCUT2D eigenvalue weighted by atomic mass is 10.2. The first-order valence-corrected chi connectivity index (χ1v) is 9.80. The summed E-state index contributed by atoms with van der Waals surface area (Å²) in [4.78, 5) is 24.5. The van der Waals surface area contributed by atoms with E-state index in [1.54, 1.807) is 48.0 Å². The fraction of sp³-hybridized carbons (Fsp3) is 0.167. The van der Waals surface area contributed by atoms with Gasteiger partial charge in [0.05, 0.1) is 23.0 Å². The van der Waals surface area contributed by atoms with E-state index >= 15 is 0 Å². The van der Waals surface area contributed by atoms with E-state index in [1.165, 1.54) is 31.2 Å². The lowest BCUT2D eigenvalue weighted by Gasteiger charge is -2.12. The third kappa shape index (κ3) is 5.26. The number of esters is 1. The molecule has 2 aromatic carbocycles. The Hall–Kier alpha value is -4.25. The van der Waals surface area contributed by atoms with Crippen LogP contribution in [0, 0.1) is 31.0 Å². The van der Waals surface area contributed by atoms with Gasteiger partial charge in [-0.1, -0.05) is 6.07 Å². The first kappa shape index (κ1) is 22.4. The van der Waals surface area contributed by atoms with Crippen LogP contribution in [0.4, 0.5) is 10.1 Å². The van der Waals surface area contributed by atoms with Gasteiger partial charge in [0, 0.05) is 23.0 Å². The number of nitrogens with zero attached hydrogens (tertiary/aromatic N) is 3. The Morgan fingerprint density at radius 2 is 1.94 bits per heavy atom. The molecule has 0 aliphatic rings. The lowest BCUT2D eigenvalue weighted by Crippen LogP contribution is -2.29. The van der Waals surface area contributed by atoms with Crippen LogP contribution in [0.25, 0.3) is 11.8 Å². The van der Waals surface area contributed by atoms with Crippen molar-refractivity contribution >= 4 is 23.6 Å². The van der Waals surface area contributed by atoms with Crippen LogP contribution >= 0.6 is 0 Å². The van der Waals surface area contributed by atoms with Crippen molar-refractivity contribution in [2.45, 2.75) is 26.9 Å². The first-order chi connectivity index (χ1) is 15.3. The summed E-state index contributed by atoms with van der Waals surface area (Å²) in [6.07, 6.45) is 1.76. The Balaban J connectivity index is 1.65. The molecule has 0 aliphatic heterocycles. The maximum absolute atomic E-state index is 13.2. The van der Waals surface area contributed by atoms with E-state index in [-0.39, 0.29) is 5.82 Å². The molecule has 1 heterocycles. The minimum absolute atomic E-state index is 0.339. The van der Waals surface area contributed by atoms with Gasteiger partial charge in [0.2, 0.25) is 0 Å². The van der Waals surface area contributed by atoms with E-state index in [0.717, 1.165) is 11.3 Å². The summed E-state index contributed by atoms with van der Waals surface area (Å²) in [7, 11) is 0. The molecule has 1 amide bonds. The van der Waals surface area contributed by atoms with Crippen molar-refractivity contribution in [3.63, 3.8) is 0 Å². The second kappa shape index (κ2) is 9.71. The number of nitrogens with one attached hydrogen (secondary N) is 1. The van der Waals surface area contributed by atoms with E-state index in [1.807, 2.05) is 13.0 Å². The number of hydrogen-bond donors (Lipinski definition) is 1. The third-order valence-corrected chi connectivity index (χ3v) is 4.73. The zero-order chi connectivity index (χ0) is 23.3. The van der Waals surface area contributed by atoms with Gasteiger partial charge >= 0.3 is 5.97 Å². The molecule has 0 saturated heterocycles. The smallest absolute Gasteiger partial charge is 0.331 e. The van der Waals surface area contributed by atoms with Crippen LogP contribution in [-0.4, -0.2) is 27.8 Å². The molecule has 162 valence electrons. The molecule has 0 spiro atoms. The van der Waals surface area contributed by atoms with E-state index in [2.05, 4.69) is 10.4 Å². The molecule has 0 aliphatic carbocycles. The summed E-state index contributed by atoms with van der Waals surface area (Å²) in [6.45, 7) is 5.08. The fourth-order valence-electron chi connectivity index (χ4n) is 3.06. The molecule has 32 heavy (non-hydrogen) atoms. The Kier molecular flexibility index (Phi) is 6.80. The molecular formula is C24H21FN4O3. The minimum atomic E-state index is -1.04. The second-order valence-electron chi connectivity index (χ2n) is 7.07. The number of nitriles is 1. The normalized spacial score (nSPS) is 11.7. The van der Waals surface area contributed by atoms with E-state index < -0.39 is 18.0 Å². The van der Waals surface area contributed by atoms with Crippen LogP contribution in [0.5, 0.6) is 0 Å². The van der Waals surface area contributed by atoms with Crippen LogP contribution < -0.4 is 5.32 Å². The van der Waals surface area contributed by atoms with Crippen LogP contribution in [0.1, 0.15) is 29.4 Å². The number of carbonyl (C=O) groups is 2. The summed E-state index contributed by atoms with van der Waals surface area (Å²) in [5, 5.41) is 16.0. The van der Waals surface area contributed by atoms with Gasteiger partial charge in [-0.2, -0.15) is 10.4 Å². The van der Waals surface area contributed by atoms with E-state index in [0.29, 0.717) is 22.6 Å². The topological polar surface area (TPSA) is 97.0 Å². The summed E-state index contributed by atoms with van der Waals surface area (Å²) >= 11 is 0. The molecule has 1 atom stereocenters. The zero-order valence-electron chi connectivity index (χ0n) is 17.8. The minimum Gasteiger partial charge on any atom is -0.449 e. The molecule has 1 aromatic heterocycles. The highest BCUT2D eigenvalue weighted by molar-refractivity contribution is 5.96. The van der Waals surface area contributed by atoms with Gasteiger partial charge in [-0.3, -0.25) is 4.79 Å². The Morgan fingerprint density at radius 3 is 2.62 bits per heavy atom. The zero-order valence-corrected chi connectivity index (χ0v) is 17.8. The van der Waals surface area contributed by atoms with Gasteiger partial charge in [0.25, 0.3) is 5.91 Å². The molecule has 3 rings (SSSR count). The highest BCUT2D eigenvalue weighted by atomic mass is 19.1. The highest BCUT2D eigenvalue weighted by Crippen LogP contribution is 2.20. The van der Waals surface area contributed by atoms with Crippen LogP contribution in [0.2, 0.25) is 0 Å². The number of ether oxygens (including phenoxy) is 1. The van der Waals surface area contributed by atoms with Gasteiger partial charge < -0.3 is 10.1 Å². The van der Waals surface area contributed by atoms with Gasteiger partial charge in [-0.05, 0) is 69.3 Å². The summed E-state index contributed by atoms with van der Waals surface area (Å²) < 4.78 is 20.0. The maximum Gasteiger partial charge on any atom is 0.331 e.